The number of nitrogens with zero attached hydrogens (tertiary/aromatic N) is 3. The van der Waals surface area contributed by atoms with Crippen LogP contribution in [0.25, 0.3) is 11.4 Å². The predicted molar refractivity (Wildman–Crippen MR) is 113 cm³/mol. The van der Waals surface area contributed by atoms with E-state index >= 15 is 0 Å². The van der Waals surface area contributed by atoms with Gasteiger partial charge in [0.15, 0.2) is 12.4 Å². The number of benzene rings is 2. The molecule has 0 fully saturated rings. The van der Waals surface area contributed by atoms with E-state index in [1.54, 1.807) is 0 Å². The highest BCUT2D eigenvalue weighted by atomic mass is 16.5. The third-order valence-corrected chi connectivity index (χ3v) is 5.27. The summed E-state index contributed by atoms with van der Waals surface area (Å²) in [5.41, 5.74) is 3.72. The van der Waals surface area contributed by atoms with Gasteiger partial charge in [-0.15, -0.1) is 10.2 Å². The number of aromatic nitrogens is 3. The van der Waals surface area contributed by atoms with E-state index in [-0.39, 0.29) is 12.5 Å². The molecule has 1 aromatic heterocycles. The number of para-hydroxylation sites is 1. The first-order valence-electron chi connectivity index (χ1n) is 10.1. The van der Waals surface area contributed by atoms with E-state index in [4.69, 9.17) is 4.74 Å². The maximum atomic E-state index is 12.4. The molecule has 2 heterocycles. The molecule has 0 bridgehead atoms. The van der Waals surface area contributed by atoms with Gasteiger partial charge in [0.05, 0.1) is 0 Å². The Labute approximate surface area is 170 Å². The van der Waals surface area contributed by atoms with Crippen LogP contribution in [0.4, 0.5) is 5.69 Å². The van der Waals surface area contributed by atoms with Crippen molar-refractivity contribution >= 4 is 11.6 Å². The van der Waals surface area contributed by atoms with Gasteiger partial charge in [-0.25, -0.2) is 0 Å². The average molecular weight is 390 g/mol. The summed E-state index contributed by atoms with van der Waals surface area (Å²) in [4.78, 5) is 12.4. The quantitative estimate of drug-likeness (QED) is 0.705. The van der Waals surface area contributed by atoms with Gasteiger partial charge < -0.3 is 14.6 Å². The molecule has 0 atom stereocenters. The molecule has 0 radical (unpaired) electrons. The molecule has 1 aliphatic rings. The average Bonchev–Trinajstić information content (AvgIpc) is 2.96. The number of carbonyl (C=O) groups is 1. The summed E-state index contributed by atoms with van der Waals surface area (Å²) in [5, 5.41) is 11.7. The van der Waals surface area contributed by atoms with Crippen molar-refractivity contribution in [2.24, 2.45) is 0 Å². The first-order chi connectivity index (χ1) is 14.1. The van der Waals surface area contributed by atoms with Gasteiger partial charge in [0.1, 0.15) is 11.6 Å². The van der Waals surface area contributed by atoms with Gasteiger partial charge in [0.2, 0.25) is 0 Å². The topological polar surface area (TPSA) is 69.0 Å². The van der Waals surface area contributed by atoms with Crippen molar-refractivity contribution in [2.45, 2.75) is 46.1 Å². The molecule has 2 aromatic carbocycles. The van der Waals surface area contributed by atoms with Gasteiger partial charge in [-0.05, 0) is 49.9 Å². The van der Waals surface area contributed by atoms with E-state index in [1.807, 2.05) is 56.3 Å². The lowest BCUT2D eigenvalue weighted by atomic mass is 10.1. The fraction of sp³-hybridized carbons (Fsp3) is 0.348. The molecule has 1 amide bonds. The van der Waals surface area contributed by atoms with E-state index in [1.165, 1.54) is 6.42 Å². The van der Waals surface area contributed by atoms with Crippen LogP contribution >= 0.6 is 0 Å². The van der Waals surface area contributed by atoms with Crippen molar-refractivity contribution in [3.05, 3.63) is 59.4 Å². The molecule has 6 nitrogen and oxygen atoms in total. The molecule has 0 unspecified atom stereocenters. The number of anilines is 1. The van der Waals surface area contributed by atoms with Gasteiger partial charge >= 0.3 is 0 Å². The summed E-state index contributed by atoms with van der Waals surface area (Å²) in [6.07, 6.45) is 4.50. The molecule has 29 heavy (non-hydrogen) atoms. The Morgan fingerprint density at radius 2 is 1.86 bits per heavy atom. The molecule has 0 saturated heterocycles. The molecular weight excluding hydrogens is 364 g/mol. The highest BCUT2D eigenvalue weighted by Crippen LogP contribution is 2.25. The van der Waals surface area contributed by atoms with E-state index in [0.29, 0.717) is 0 Å². The molecule has 1 aliphatic heterocycles. The Bertz CT molecular complexity index is 1010. The van der Waals surface area contributed by atoms with Gasteiger partial charge in [0.25, 0.3) is 5.91 Å². The van der Waals surface area contributed by atoms with Crippen LogP contribution in [0.5, 0.6) is 5.75 Å². The minimum Gasteiger partial charge on any atom is -0.483 e. The van der Waals surface area contributed by atoms with E-state index in [2.05, 4.69) is 20.1 Å². The molecule has 0 saturated carbocycles. The van der Waals surface area contributed by atoms with Gasteiger partial charge in [0, 0.05) is 24.2 Å². The summed E-state index contributed by atoms with van der Waals surface area (Å²) < 4.78 is 7.96. The molecule has 0 spiro atoms. The largest absolute Gasteiger partial charge is 0.483 e. The normalized spacial score (nSPS) is 13.4. The SMILES string of the molecule is Cc1cccc(C)c1OCC(=O)Nc1cccc(-c2nnc3n2CCCCC3)c1. The lowest BCUT2D eigenvalue weighted by Crippen LogP contribution is -2.20. The first kappa shape index (κ1) is 19.2. The molecule has 1 N–H and O–H groups in total. The molecule has 6 heteroatoms. The van der Waals surface area contributed by atoms with Crippen LogP contribution in [0.1, 0.15) is 36.2 Å². The van der Waals surface area contributed by atoms with E-state index < -0.39 is 0 Å². The number of rotatable bonds is 5. The van der Waals surface area contributed by atoms with Gasteiger partial charge in [-0.3, -0.25) is 4.79 Å². The molecule has 150 valence electrons. The monoisotopic (exact) mass is 390 g/mol. The number of hydrogen-bond donors (Lipinski definition) is 1. The van der Waals surface area contributed by atoms with E-state index in [0.717, 1.165) is 65.6 Å². The summed E-state index contributed by atoms with van der Waals surface area (Å²) in [6.45, 7) is 4.87. The Kier molecular flexibility index (Phi) is 5.60. The van der Waals surface area contributed by atoms with Gasteiger partial charge in [-0.2, -0.15) is 0 Å². The molecular formula is C23H26N4O2. The third-order valence-electron chi connectivity index (χ3n) is 5.27. The fourth-order valence-electron chi connectivity index (χ4n) is 3.80. The Morgan fingerprint density at radius 1 is 1.07 bits per heavy atom. The maximum Gasteiger partial charge on any atom is 0.262 e. The second-order valence-electron chi connectivity index (χ2n) is 7.54. The maximum absolute atomic E-state index is 12.4. The highest BCUT2D eigenvalue weighted by molar-refractivity contribution is 5.92. The summed E-state index contributed by atoms with van der Waals surface area (Å²) in [5.74, 6) is 2.49. The van der Waals surface area contributed by atoms with Gasteiger partial charge in [-0.1, -0.05) is 36.8 Å². The van der Waals surface area contributed by atoms with Crippen LogP contribution in [0, 0.1) is 13.8 Å². The number of carbonyl (C=O) groups excluding carboxylic acids is 1. The predicted octanol–water partition coefficient (Wildman–Crippen LogP) is 4.31. The van der Waals surface area contributed by atoms with Crippen LogP contribution in [0.15, 0.2) is 42.5 Å². The van der Waals surface area contributed by atoms with Crippen molar-refractivity contribution < 1.29 is 9.53 Å². The number of nitrogens with one attached hydrogen (secondary N) is 1. The van der Waals surface area contributed by atoms with Crippen molar-refractivity contribution in [1.29, 1.82) is 0 Å². The number of amides is 1. The van der Waals surface area contributed by atoms with Crippen LogP contribution in [0.2, 0.25) is 0 Å². The third kappa shape index (κ3) is 4.31. The second kappa shape index (κ2) is 8.47. The van der Waals surface area contributed by atoms with Crippen LogP contribution in [-0.2, 0) is 17.8 Å². The van der Waals surface area contributed by atoms with E-state index in [9.17, 15) is 4.79 Å². The number of fused-ring (bicyclic) bond motifs is 1. The zero-order chi connectivity index (χ0) is 20.2. The molecule has 0 aliphatic carbocycles. The standard InChI is InChI=1S/C23H26N4O2/c1-16-8-6-9-17(2)22(16)29-15-21(28)24-19-11-7-10-18(14-19)23-26-25-20-12-4-3-5-13-27(20)23/h6-11,14H,3-5,12-13,15H2,1-2H3,(H,24,28). The van der Waals surface area contributed by atoms with Crippen molar-refractivity contribution in [2.75, 3.05) is 11.9 Å². The zero-order valence-electron chi connectivity index (χ0n) is 16.9. The second-order valence-corrected chi connectivity index (χ2v) is 7.54. The lowest BCUT2D eigenvalue weighted by molar-refractivity contribution is -0.118. The van der Waals surface area contributed by atoms with Crippen LogP contribution in [0.3, 0.4) is 0 Å². The number of ether oxygens (including phenoxy) is 1. The highest BCUT2D eigenvalue weighted by Gasteiger charge is 2.16. The van der Waals surface area contributed by atoms with Crippen molar-refractivity contribution in [1.82, 2.24) is 14.8 Å². The van der Waals surface area contributed by atoms with Crippen LogP contribution < -0.4 is 10.1 Å². The van der Waals surface area contributed by atoms with Crippen molar-refractivity contribution in [3.63, 3.8) is 0 Å². The Balaban J connectivity index is 1.45. The number of aryl methyl sites for hydroxylation is 3. The zero-order valence-corrected chi connectivity index (χ0v) is 16.9. The minimum absolute atomic E-state index is 0.0315. The molecule has 4 rings (SSSR count). The van der Waals surface area contributed by atoms with Crippen LogP contribution in [-0.4, -0.2) is 27.3 Å². The Morgan fingerprint density at radius 3 is 2.69 bits per heavy atom. The van der Waals surface area contributed by atoms with Crippen molar-refractivity contribution in [3.8, 4) is 17.1 Å². The Hall–Kier alpha value is -3.15. The molecule has 3 aromatic rings. The minimum atomic E-state index is -0.190. The fourth-order valence-corrected chi connectivity index (χ4v) is 3.80. The summed E-state index contributed by atoms with van der Waals surface area (Å²) in [7, 11) is 0. The summed E-state index contributed by atoms with van der Waals surface area (Å²) >= 11 is 0. The summed E-state index contributed by atoms with van der Waals surface area (Å²) in [6, 6.07) is 13.7. The number of hydrogen-bond acceptors (Lipinski definition) is 4. The first-order valence-corrected chi connectivity index (χ1v) is 10.1. The lowest BCUT2D eigenvalue weighted by Gasteiger charge is -2.12. The smallest absolute Gasteiger partial charge is 0.262 e.